The number of nitrogens with zero attached hydrogens (tertiary/aromatic N) is 7. The van der Waals surface area contributed by atoms with Crippen LogP contribution in [0.5, 0.6) is 0 Å². The lowest BCUT2D eigenvalue weighted by Crippen LogP contribution is -2.13. The quantitative estimate of drug-likeness (QED) is 0.505. The highest BCUT2D eigenvalue weighted by atomic mass is 19.3. The third-order valence-electron chi connectivity index (χ3n) is 4.64. The molecule has 1 aliphatic heterocycles. The van der Waals surface area contributed by atoms with E-state index in [-0.39, 0.29) is 6.73 Å². The number of rotatable bonds is 5. The summed E-state index contributed by atoms with van der Waals surface area (Å²) in [7, 11) is 0. The lowest BCUT2D eigenvalue weighted by atomic mass is 10.1. The zero-order valence-electron chi connectivity index (χ0n) is 15.6. The van der Waals surface area contributed by atoms with Crippen molar-refractivity contribution < 1.29 is 13.5 Å². The van der Waals surface area contributed by atoms with Crippen LogP contribution in [0.15, 0.2) is 66.0 Å². The number of aromatic nitrogens is 5. The van der Waals surface area contributed by atoms with Gasteiger partial charge in [0.2, 0.25) is 5.82 Å². The van der Waals surface area contributed by atoms with Crippen LogP contribution < -0.4 is 5.01 Å². The average Bonchev–Trinajstić information content (AvgIpc) is 3.44. The molecule has 0 saturated heterocycles. The number of pyridine rings is 1. The predicted octanol–water partition coefficient (Wildman–Crippen LogP) is 3.31. The summed E-state index contributed by atoms with van der Waals surface area (Å²) in [5, 5.41) is 20.0. The van der Waals surface area contributed by atoms with Crippen molar-refractivity contribution in [1.82, 2.24) is 25.2 Å². The van der Waals surface area contributed by atoms with Crippen LogP contribution in [-0.2, 0) is 11.3 Å². The highest BCUT2D eigenvalue weighted by Crippen LogP contribution is 2.25. The van der Waals surface area contributed by atoms with Gasteiger partial charge in [-0.3, -0.25) is 4.98 Å². The van der Waals surface area contributed by atoms with Gasteiger partial charge < -0.3 is 4.74 Å². The maximum atomic E-state index is 12.7. The first kappa shape index (κ1) is 18.1. The predicted molar refractivity (Wildman–Crippen MR) is 106 cm³/mol. The molecule has 0 radical (unpaired) electrons. The maximum Gasteiger partial charge on any atom is 0.314 e. The molecule has 0 amide bonds. The van der Waals surface area contributed by atoms with Crippen molar-refractivity contribution in [3.63, 3.8) is 0 Å². The van der Waals surface area contributed by atoms with Crippen LogP contribution in [0.3, 0.4) is 0 Å². The lowest BCUT2D eigenvalue weighted by molar-refractivity contribution is 0.180. The summed E-state index contributed by atoms with van der Waals surface area (Å²) in [6.07, 6.45) is 0.772. The van der Waals surface area contributed by atoms with Crippen molar-refractivity contribution in [3.8, 4) is 11.4 Å². The minimum absolute atomic E-state index is 0.0526. The van der Waals surface area contributed by atoms with E-state index >= 15 is 0 Å². The number of hydrogen-bond acceptors (Lipinski definition) is 7. The van der Waals surface area contributed by atoms with Crippen LogP contribution >= 0.6 is 0 Å². The van der Waals surface area contributed by atoms with Gasteiger partial charge in [-0.1, -0.05) is 36.4 Å². The summed E-state index contributed by atoms with van der Waals surface area (Å²) in [5.74, 6) is -0.0961. The maximum absolute atomic E-state index is 12.7. The molecule has 4 aromatic rings. The third-order valence-corrected chi connectivity index (χ3v) is 4.64. The summed E-state index contributed by atoms with van der Waals surface area (Å²) in [5.41, 5.74) is 2.31. The molecular weight excluding hydrogens is 392 g/mol. The Bertz CT molecular complexity index is 1240. The van der Waals surface area contributed by atoms with Crippen molar-refractivity contribution in [1.29, 1.82) is 0 Å². The first-order valence-electron chi connectivity index (χ1n) is 9.14. The summed E-state index contributed by atoms with van der Waals surface area (Å²) in [6, 6.07) is 15.2. The normalized spacial score (nSPS) is 13.7. The molecule has 0 spiro atoms. The summed E-state index contributed by atoms with van der Waals surface area (Å²) < 4.78 is 30.4. The highest BCUT2D eigenvalue weighted by Gasteiger charge is 2.24. The van der Waals surface area contributed by atoms with Crippen molar-refractivity contribution in [2.75, 3.05) is 11.7 Å². The van der Waals surface area contributed by atoms with Gasteiger partial charge in [0.25, 0.3) is 5.90 Å². The molecule has 0 unspecified atom stereocenters. The van der Waals surface area contributed by atoms with Crippen LogP contribution in [0, 0.1) is 0 Å². The topological polar surface area (TPSA) is 81.3 Å². The average molecular weight is 407 g/mol. The summed E-state index contributed by atoms with van der Waals surface area (Å²) in [6.45, 7) is 0.308. The van der Waals surface area contributed by atoms with Crippen LogP contribution in [0.25, 0.3) is 22.2 Å². The molecule has 0 N–H and O–H groups in total. The molecule has 0 saturated carbocycles. The summed E-state index contributed by atoms with van der Waals surface area (Å²) in [4.78, 5) is 5.73. The van der Waals surface area contributed by atoms with E-state index in [2.05, 4.69) is 25.5 Å². The molecule has 1 aliphatic rings. The monoisotopic (exact) mass is 407 g/mol. The molecule has 2 aromatic heterocycles. The number of hydrogen-bond donors (Lipinski definition) is 0. The van der Waals surface area contributed by atoms with Crippen LogP contribution in [0.1, 0.15) is 5.56 Å². The van der Waals surface area contributed by atoms with E-state index in [0.29, 0.717) is 18.1 Å². The smallest absolute Gasteiger partial charge is 0.314 e. The van der Waals surface area contributed by atoms with Crippen molar-refractivity contribution >= 4 is 22.4 Å². The van der Waals surface area contributed by atoms with Gasteiger partial charge in [0.15, 0.2) is 6.73 Å². The fourth-order valence-corrected chi connectivity index (χ4v) is 3.23. The third kappa shape index (κ3) is 3.43. The fourth-order valence-electron chi connectivity index (χ4n) is 3.23. The largest absolute Gasteiger partial charge is 0.452 e. The number of fused-ring (bicyclic) bond motifs is 1. The molecule has 3 heterocycles. The van der Waals surface area contributed by atoms with Crippen molar-refractivity contribution in [2.24, 2.45) is 5.10 Å². The van der Waals surface area contributed by atoms with Crippen molar-refractivity contribution in [2.45, 2.75) is 13.0 Å². The first-order valence-corrected chi connectivity index (χ1v) is 9.14. The fraction of sp³-hybridized carbons (Fsp3) is 0.150. The Balaban J connectivity index is 1.38. The number of anilines is 1. The molecule has 2 aromatic carbocycles. The second kappa shape index (κ2) is 7.47. The van der Waals surface area contributed by atoms with Gasteiger partial charge in [-0.2, -0.15) is 13.6 Å². The minimum atomic E-state index is -2.74. The summed E-state index contributed by atoms with van der Waals surface area (Å²) >= 11 is 0. The van der Waals surface area contributed by atoms with Gasteiger partial charge >= 0.3 is 6.43 Å². The Labute approximate surface area is 169 Å². The van der Waals surface area contributed by atoms with Gasteiger partial charge in [-0.05, 0) is 28.3 Å². The van der Waals surface area contributed by atoms with E-state index in [1.165, 1.54) is 9.81 Å². The zero-order valence-corrected chi connectivity index (χ0v) is 15.6. The van der Waals surface area contributed by atoms with E-state index < -0.39 is 12.3 Å². The number of benzene rings is 2. The Hall–Kier alpha value is -3.95. The molecule has 8 nitrogen and oxygen atoms in total. The molecule has 0 bridgehead atoms. The minimum Gasteiger partial charge on any atom is -0.452 e. The molecule has 5 rings (SSSR count). The van der Waals surface area contributed by atoms with Gasteiger partial charge in [0, 0.05) is 23.3 Å². The van der Waals surface area contributed by atoms with Crippen LogP contribution in [-0.4, -0.2) is 44.2 Å². The van der Waals surface area contributed by atoms with E-state index in [0.717, 1.165) is 21.9 Å². The van der Waals surface area contributed by atoms with Gasteiger partial charge in [0.05, 0.1) is 12.2 Å². The standard InChI is InChI=1S/C20H15F2N7O/c21-18(22)20-26-28(12-30-20)15-6-3-4-13(8-15)11-29-25-19(24-27-29)17-10-23-9-14-5-1-2-7-16(14)17/h1-10,18H,11-12H2. The van der Waals surface area contributed by atoms with E-state index in [9.17, 15) is 8.78 Å². The Morgan fingerprint density at radius 2 is 1.97 bits per heavy atom. The number of alkyl halides is 2. The van der Waals surface area contributed by atoms with Crippen LogP contribution in [0.4, 0.5) is 14.5 Å². The number of tetrazole rings is 1. The molecule has 150 valence electrons. The highest BCUT2D eigenvalue weighted by molar-refractivity contribution is 5.93. The molecule has 0 fully saturated rings. The number of hydrazone groups is 1. The lowest BCUT2D eigenvalue weighted by Gasteiger charge is -2.12. The molecule has 10 heteroatoms. The Morgan fingerprint density at radius 3 is 2.83 bits per heavy atom. The Morgan fingerprint density at radius 1 is 1.07 bits per heavy atom. The van der Waals surface area contributed by atoms with Gasteiger partial charge in [-0.25, -0.2) is 5.01 Å². The molecule has 0 atom stereocenters. The van der Waals surface area contributed by atoms with E-state index in [1.807, 2.05) is 42.5 Å². The van der Waals surface area contributed by atoms with Gasteiger partial charge in [0.1, 0.15) is 0 Å². The zero-order chi connectivity index (χ0) is 20.5. The van der Waals surface area contributed by atoms with E-state index in [1.54, 1.807) is 18.5 Å². The van der Waals surface area contributed by atoms with Crippen molar-refractivity contribution in [3.05, 3.63) is 66.5 Å². The first-order chi connectivity index (χ1) is 14.7. The Kier molecular flexibility index (Phi) is 4.51. The molecular formula is C20H15F2N7O. The number of halogens is 2. The molecule has 0 aliphatic carbocycles. The second-order valence-electron chi connectivity index (χ2n) is 6.63. The molecule has 30 heavy (non-hydrogen) atoms. The van der Waals surface area contributed by atoms with Gasteiger partial charge in [-0.15, -0.1) is 15.3 Å². The number of ether oxygens (including phenoxy) is 1. The SMILES string of the molecule is FC(F)C1=NN(c2cccc(Cn3nnc(-c4cncc5ccccc45)n3)c2)CO1. The second-order valence-corrected chi connectivity index (χ2v) is 6.63. The van der Waals surface area contributed by atoms with Crippen LogP contribution in [0.2, 0.25) is 0 Å². The van der Waals surface area contributed by atoms with E-state index in [4.69, 9.17) is 4.74 Å².